The van der Waals surface area contributed by atoms with E-state index in [-0.39, 0.29) is 24.4 Å². The molecule has 2 aliphatic rings. The number of rotatable bonds is 10. The van der Waals surface area contributed by atoms with E-state index in [1.165, 1.54) is 5.56 Å². The van der Waals surface area contributed by atoms with Gasteiger partial charge >= 0.3 is 12.0 Å². The largest absolute Gasteiger partial charge is 0.481 e. The van der Waals surface area contributed by atoms with Crippen LogP contribution >= 0.6 is 0 Å². The van der Waals surface area contributed by atoms with E-state index in [0.717, 1.165) is 49.3 Å². The molecule has 2 fully saturated rings. The van der Waals surface area contributed by atoms with Gasteiger partial charge in [0.15, 0.2) is 0 Å². The third-order valence-electron chi connectivity index (χ3n) is 7.68. The monoisotopic (exact) mass is 506 g/mol. The molecule has 3 amide bonds. The highest BCUT2D eigenvalue weighted by Gasteiger charge is 2.43. The number of likely N-dealkylation sites (tertiary alicyclic amines) is 2. The minimum Gasteiger partial charge on any atom is -0.481 e. The van der Waals surface area contributed by atoms with Gasteiger partial charge in [-0.05, 0) is 55.2 Å². The molecule has 0 saturated carbocycles. The van der Waals surface area contributed by atoms with Gasteiger partial charge in [0.05, 0.1) is 0 Å². The molecule has 2 aromatic rings. The number of nitrogens with zero attached hydrogens (tertiary/aromatic N) is 2. The second-order valence-electron chi connectivity index (χ2n) is 10.3. The van der Waals surface area contributed by atoms with Crippen LogP contribution in [0.1, 0.15) is 52.4 Å². The van der Waals surface area contributed by atoms with Crippen molar-refractivity contribution in [3.05, 3.63) is 70.8 Å². The second-order valence-corrected chi connectivity index (χ2v) is 10.3. The maximum atomic E-state index is 13.3. The summed E-state index contributed by atoms with van der Waals surface area (Å²) in [5.74, 6) is 0.186. The van der Waals surface area contributed by atoms with Gasteiger partial charge in [0.2, 0.25) is 0 Å². The first-order valence-corrected chi connectivity index (χ1v) is 13.2. The molecule has 0 radical (unpaired) electrons. The molecule has 2 unspecified atom stereocenters. The maximum Gasteiger partial charge on any atom is 0.314 e. The summed E-state index contributed by atoms with van der Waals surface area (Å²) in [6.45, 7) is 8.31. The first kappa shape index (κ1) is 26.7. The van der Waals surface area contributed by atoms with E-state index in [0.29, 0.717) is 31.3 Å². The number of carbonyl (C=O) groups is 3. The van der Waals surface area contributed by atoms with Crippen molar-refractivity contribution in [2.75, 3.05) is 39.3 Å². The van der Waals surface area contributed by atoms with Gasteiger partial charge in [0, 0.05) is 57.3 Å². The van der Waals surface area contributed by atoms with Crippen LogP contribution in [0.15, 0.2) is 48.5 Å². The standard InChI is InChI=1S/C29H38N4O4/c1-20-8-6-9-21(2)27(20)28(36)33-18-23-16-32(17-24(23)19-33)25(22-10-4-3-5-11-22)13-15-31-29(37)30-14-7-12-26(34)35/h3-6,8-11,23-25H,7,12-19H2,1-2H3,(H,34,35)(H2,30,31,37)/t23-,24?,25?/m0/s1. The van der Waals surface area contributed by atoms with Gasteiger partial charge in [-0.2, -0.15) is 0 Å². The number of hydrogen-bond donors (Lipinski definition) is 3. The lowest BCUT2D eigenvalue weighted by Gasteiger charge is -2.30. The minimum absolute atomic E-state index is 0.0429. The molecule has 2 aliphatic heterocycles. The van der Waals surface area contributed by atoms with Crippen molar-refractivity contribution in [1.82, 2.24) is 20.4 Å². The fraction of sp³-hybridized carbons (Fsp3) is 0.483. The minimum atomic E-state index is -0.860. The molecule has 0 aliphatic carbocycles. The lowest BCUT2D eigenvalue weighted by atomic mass is 10.0. The average Bonchev–Trinajstić information content (AvgIpc) is 3.44. The average molecular weight is 507 g/mol. The molecule has 4 rings (SSSR count). The smallest absolute Gasteiger partial charge is 0.314 e. The summed E-state index contributed by atoms with van der Waals surface area (Å²) >= 11 is 0. The molecule has 3 N–H and O–H groups in total. The van der Waals surface area contributed by atoms with E-state index >= 15 is 0 Å². The number of aryl methyl sites for hydroxylation is 2. The van der Waals surface area contributed by atoms with Crippen LogP contribution < -0.4 is 10.6 Å². The molecular formula is C29H38N4O4. The molecular weight excluding hydrogens is 468 g/mol. The molecule has 2 saturated heterocycles. The van der Waals surface area contributed by atoms with E-state index in [2.05, 4.69) is 27.7 Å². The number of aliphatic carboxylic acids is 1. The molecule has 2 aromatic carbocycles. The number of amides is 3. The molecule has 0 aromatic heterocycles. The van der Waals surface area contributed by atoms with Gasteiger partial charge in [-0.3, -0.25) is 14.5 Å². The van der Waals surface area contributed by atoms with Crippen molar-refractivity contribution in [2.24, 2.45) is 11.8 Å². The molecule has 0 bridgehead atoms. The summed E-state index contributed by atoms with van der Waals surface area (Å²) in [5, 5.41) is 14.4. The SMILES string of the molecule is Cc1cccc(C)c1C(=O)N1CC2CN(C(CCNC(=O)NCCCC(=O)O)c3ccccc3)C[C@H]2C1. The Kier molecular flexibility index (Phi) is 8.82. The van der Waals surface area contributed by atoms with Crippen LogP contribution in [0, 0.1) is 25.7 Å². The van der Waals surface area contributed by atoms with Crippen LogP contribution in [-0.2, 0) is 4.79 Å². The van der Waals surface area contributed by atoms with Gasteiger partial charge < -0.3 is 20.6 Å². The van der Waals surface area contributed by atoms with Gasteiger partial charge in [-0.25, -0.2) is 4.79 Å². The number of carboxylic acid groups (broad SMARTS) is 1. The Labute approximate surface area is 219 Å². The predicted molar refractivity (Wildman–Crippen MR) is 142 cm³/mol. The Morgan fingerprint density at radius 2 is 1.51 bits per heavy atom. The summed E-state index contributed by atoms with van der Waals surface area (Å²) in [4.78, 5) is 40.6. The molecule has 3 atom stereocenters. The van der Waals surface area contributed by atoms with Crippen molar-refractivity contribution in [3.63, 3.8) is 0 Å². The van der Waals surface area contributed by atoms with E-state index in [9.17, 15) is 14.4 Å². The van der Waals surface area contributed by atoms with E-state index in [1.54, 1.807) is 0 Å². The molecule has 0 spiro atoms. The molecule has 198 valence electrons. The van der Waals surface area contributed by atoms with Crippen LogP contribution in [-0.4, -0.2) is 72.1 Å². The van der Waals surface area contributed by atoms with Gasteiger partial charge in [0.1, 0.15) is 0 Å². The fourth-order valence-corrected chi connectivity index (χ4v) is 5.82. The lowest BCUT2D eigenvalue weighted by Crippen LogP contribution is -2.39. The van der Waals surface area contributed by atoms with Crippen molar-refractivity contribution in [3.8, 4) is 0 Å². The molecule has 8 heteroatoms. The van der Waals surface area contributed by atoms with Crippen LogP contribution in [0.4, 0.5) is 4.79 Å². The van der Waals surface area contributed by atoms with Gasteiger partial charge in [-0.15, -0.1) is 0 Å². The van der Waals surface area contributed by atoms with Crippen LogP contribution in [0.5, 0.6) is 0 Å². The highest BCUT2D eigenvalue weighted by atomic mass is 16.4. The maximum absolute atomic E-state index is 13.3. The van der Waals surface area contributed by atoms with E-state index in [4.69, 9.17) is 5.11 Å². The summed E-state index contributed by atoms with van der Waals surface area (Å²) in [7, 11) is 0. The van der Waals surface area contributed by atoms with Gasteiger partial charge in [-0.1, -0.05) is 48.5 Å². The number of carboxylic acids is 1. The fourth-order valence-electron chi connectivity index (χ4n) is 5.82. The van der Waals surface area contributed by atoms with Crippen LogP contribution in [0.25, 0.3) is 0 Å². The second kappa shape index (κ2) is 12.2. The first-order valence-electron chi connectivity index (χ1n) is 13.2. The number of benzene rings is 2. The Morgan fingerprint density at radius 1 is 0.892 bits per heavy atom. The third-order valence-corrected chi connectivity index (χ3v) is 7.68. The highest BCUT2D eigenvalue weighted by molar-refractivity contribution is 5.97. The number of nitrogens with one attached hydrogen (secondary N) is 2. The number of hydrogen-bond acceptors (Lipinski definition) is 4. The summed E-state index contributed by atoms with van der Waals surface area (Å²) < 4.78 is 0. The Bertz CT molecular complexity index is 1070. The molecule has 37 heavy (non-hydrogen) atoms. The van der Waals surface area contributed by atoms with Crippen molar-refractivity contribution in [2.45, 2.75) is 39.2 Å². The molecule has 8 nitrogen and oxygen atoms in total. The van der Waals surface area contributed by atoms with Crippen LogP contribution in [0.2, 0.25) is 0 Å². The zero-order valence-electron chi connectivity index (χ0n) is 21.8. The quantitative estimate of drug-likeness (QED) is 0.428. The normalized spacial score (nSPS) is 19.9. The summed E-state index contributed by atoms with van der Waals surface area (Å²) in [6.07, 6.45) is 1.23. The molecule has 2 heterocycles. The summed E-state index contributed by atoms with van der Waals surface area (Å²) in [5.41, 5.74) is 4.14. The predicted octanol–water partition coefficient (Wildman–Crippen LogP) is 3.60. The van der Waals surface area contributed by atoms with Crippen molar-refractivity contribution < 1.29 is 19.5 Å². The Morgan fingerprint density at radius 3 is 2.14 bits per heavy atom. The van der Waals surface area contributed by atoms with Crippen molar-refractivity contribution in [1.29, 1.82) is 0 Å². The topological polar surface area (TPSA) is 102 Å². The first-order chi connectivity index (χ1) is 17.8. The van der Waals surface area contributed by atoms with E-state index < -0.39 is 5.97 Å². The van der Waals surface area contributed by atoms with Crippen molar-refractivity contribution >= 4 is 17.9 Å². The third kappa shape index (κ3) is 6.68. The zero-order valence-corrected chi connectivity index (χ0v) is 21.8. The lowest BCUT2D eigenvalue weighted by molar-refractivity contribution is -0.137. The number of carbonyl (C=O) groups excluding carboxylic acids is 2. The number of urea groups is 1. The number of fused-ring (bicyclic) bond motifs is 1. The highest BCUT2D eigenvalue weighted by Crippen LogP contribution is 2.37. The van der Waals surface area contributed by atoms with Gasteiger partial charge in [0.25, 0.3) is 5.91 Å². The van der Waals surface area contributed by atoms with Crippen LogP contribution in [0.3, 0.4) is 0 Å². The van der Waals surface area contributed by atoms with E-state index in [1.807, 2.05) is 55.1 Å². The Balaban J connectivity index is 1.33. The Hall–Kier alpha value is -3.39. The zero-order chi connectivity index (χ0) is 26.4. The summed E-state index contributed by atoms with van der Waals surface area (Å²) in [6, 6.07) is 16.3.